The monoisotopic (exact) mass is 231 g/mol. The van der Waals surface area contributed by atoms with E-state index >= 15 is 0 Å². The topological polar surface area (TPSA) is 42.2 Å². The third-order valence-corrected chi connectivity index (χ3v) is 3.00. The van der Waals surface area contributed by atoms with Crippen molar-refractivity contribution < 1.29 is 5.11 Å². The first-order valence-electron chi connectivity index (χ1n) is 5.85. The van der Waals surface area contributed by atoms with Crippen LogP contribution in [0.2, 0.25) is 0 Å². The lowest BCUT2D eigenvalue weighted by atomic mass is 10.0. The molecule has 17 heavy (non-hydrogen) atoms. The van der Waals surface area contributed by atoms with Crippen molar-refractivity contribution in [2.24, 2.45) is 0 Å². The molecule has 1 aromatic carbocycles. The summed E-state index contributed by atoms with van der Waals surface area (Å²) >= 11 is 0. The zero-order valence-corrected chi connectivity index (χ0v) is 10.2. The van der Waals surface area contributed by atoms with Gasteiger partial charge in [0.25, 0.3) is 5.56 Å². The van der Waals surface area contributed by atoms with Gasteiger partial charge in [-0.2, -0.15) is 0 Å². The van der Waals surface area contributed by atoms with Crippen LogP contribution in [0.5, 0.6) is 0 Å². The van der Waals surface area contributed by atoms with Gasteiger partial charge in [0.15, 0.2) is 0 Å². The van der Waals surface area contributed by atoms with E-state index in [1.54, 1.807) is 4.57 Å². The van der Waals surface area contributed by atoms with Crippen LogP contribution >= 0.6 is 0 Å². The molecule has 0 aliphatic heterocycles. The Labute approximate surface area is 100 Å². The summed E-state index contributed by atoms with van der Waals surface area (Å²) in [6.45, 7) is 4.69. The normalized spacial score (nSPS) is 11.0. The Morgan fingerprint density at radius 2 is 2.00 bits per heavy atom. The predicted octanol–water partition coefficient (Wildman–Crippen LogP) is 2.00. The predicted molar refractivity (Wildman–Crippen MR) is 69.4 cm³/mol. The van der Waals surface area contributed by atoms with Gasteiger partial charge >= 0.3 is 0 Å². The molecule has 0 bridgehead atoms. The molecule has 0 spiro atoms. The second kappa shape index (κ2) is 4.72. The number of aromatic nitrogens is 1. The summed E-state index contributed by atoms with van der Waals surface area (Å²) in [7, 11) is 0. The Morgan fingerprint density at radius 1 is 1.24 bits per heavy atom. The van der Waals surface area contributed by atoms with Crippen molar-refractivity contribution in [3.05, 3.63) is 45.9 Å². The number of hydrogen-bond acceptors (Lipinski definition) is 2. The van der Waals surface area contributed by atoms with E-state index in [9.17, 15) is 4.79 Å². The number of fused-ring (bicyclic) bond motifs is 1. The molecular formula is C14H17NO2. The van der Waals surface area contributed by atoms with Crippen LogP contribution in [0.3, 0.4) is 0 Å². The largest absolute Gasteiger partial charge is 0.396 e. The maximum absolute atomic E-state index is 12.2. The third kappa shape index (κ3) is 2.24. The van der Waals surface area contributed by atoms with E-state index < -0.39 is 0 Å². The Hall–Kier alpha value is -1.61. The fourth-order valence-electron chi connectivity index (χ4n) is 2.18. The fraction of sp³-hybridized carbons (Fsp3) is 0.357. The first kappa shape index (κ1) is 11.9. The van der Waals surface area contributed by atoms with Crippen molar-refractivity contribution in [1.82, 2.24) is 4.57 Å². The second-order valence-electron chi connectivity index (χ2n) is 4.43. The minimum absolute atomic E-state index is 0.0303. The van der Waals surface area contributed by atoms with Crippen molar-refractivity contribution in [2.75, 3.05) is 6.61 Å². The smallest absolute Gasteiger partial charge is 0.258 e. The van der Waals surface area contributed by atoms with E-state index in [0.29, 0.717) is 13.0 Å². The van der Waals surface area contributed by atoms with Crippen LogP contribution in [0.1, 0.15) is 17.5 Å². The summed E-state index contributed by atoms with van der Waals surface area (Å²) < 4.78 is 1.66. The van der Waals surface area contributed by atoms with Crippen molar-refractivity contribution >= 4 is 10.8 Å². The quantitative estimate of drug-likeness (QED) is 0.878. The van der Waals surface area contributed by atoms with Crippen molar-refractivity contribution in [3.63, 3.8) is 0 Å². The number of hydrogen-bond donors (Lipinski definition) is 1. The first-order valence-corrected chi connectivity index (χ1v) is 5.85. The number of nitrogens with zero attached hydrogens (tertiary/aromatic N) is 1. The minimum atomic E-state index is 0.0303. The SMILES string of the molecule is Cc1cc(C)c2ccn(CCCO)c(=O)c2c1. The number of aryl methyl sites for hydroxylation is 3. The van der Waals surface area contributed by atoms with Gasteiger partial charge in [-0.05, 0) is 43.4 Å². The van der Waals surface area contributed by atoms with E-state index in [-0.39, 0.29) is 12.2 Å². The average molecular weight is 231 g/mol. The highest BCUT2D eigenvalue weighted by molar-refractivity contribution is 5.85. The maximum atomic E-state index is 12.2. The van der Waals surface area contributed by atoms with Crippen molar-refractivity contribution in [1.29, 1.82) is 0 Å². The second-order valence-corrected chi connectivity index (χ2v) is 4.43. The molecule has 0 atom stereocenters. The van der Waals surface area contributed by atoms with E-state index in [1.807, 2.05) is 32.2 Å². The summed E-state index contributed by atoms with van der Waals surface area (Å²) in [5.74, 6) is 0. The van der Waals surface area contributed by atoms with Gasteiger partial charge in [-0.3, -0.25) is 4.79 Å². The molecule has 0 unspecified atom stereocenters. The molecule has 0 amide bonds. The van der Waals surface area contributed by atoms with Crippen LogP contribution in [0, 0.1) is 13.8 Å². The standard InChI is InChI=1S/C14H17NO2/c1-10-8-11(2)12-4-6-15(5-3-7-16)14(17)13(12)9-10/h4,6,8-9,16H,3,5,7H2,1-2H3. The third-order valence-electron chi connectivity index (χ3n) is 3.00. The molecular weight excluding hydrogens is 214 g/mol. The Balaban J connectivity index is 2.62. The van der Waals surface area contributed by atoms with Gasteiger partial charge < -0.3 is 9.67 Å². The van der Waals surface area contributed by atoms with Crippen LogP contribution < -0.4 is 5.56 Å². The highest BCUT2D eigenvalue weighted by Crippen LogP contribution is 2.17. The molecule has 0 aliphatic rings. The van der Waals surface area contributed by atoms with Gasteiger partial charge in [-0.25, -0.2) is 0 Å². The molecule has 0 saturated heterocycles. The van der Waals surface area contributed by atoms with E-state index in [2.05, 4.69) is 6.07 Å². The molecule has 0 fully saturated rings. The number of rotatable bonds is 3. The summed E-state index contributed by atoms with van der Waals surface area (Å²) in [5, 5.41) is 10.6. The van der Waals surface area contributed by atoms with E-state index in [1.165, 1.54) is 0 Å². The van der Waals surface area contributed by atoms with Gasteiger partial charge in [0, 0.05) is 24.7 Å². The van der Waals surface area contributed by atoms with Crippen molar-refractivity contribution in [2.45, 2.75) is 26.8 Å². The molecule has 1 heterocycles. The van der Waals surface area contributed by atoms with Gasteiger partial charge in [0.2, 0.25) is 0 Å². The van der Waals surface area contributed by atoms with Gasteiger partial charge in [-0.1, -0.05) is 11.6 Å². The highest BCUT2D eigenvalue weighted by Gasteiger charge is 2.05. The summed E-state index contributed by atoms with van der Waals surface area (Å²) in [6, 6.07) is 5.99. The summed E-state index contributed by atoms with van der Waals surface area (Å²) in [4.78, 5) is 12.2. The first-order chi connectivity index (χ1) is 8.13. The Kier molecular flexibility index (Phi) is 3.29. The lowest BCUT2D eigenvalue weighted by molar-refractivity contribution is 0.279. The molecule has 90 valence electrons. The number of pyridine rings is 1. The number of aliphatic hydroxyl groups excluding tert-OH is 1. The lowest BCUT2D eigenvalue weighted by Crippen LogP contribution is -2.20. The highest BCUT2D eigenvalue weighted by atomic mass is 16.3. The van der Waals surface area contributed by atoms with E-state index in [0.717, 1.165) is 21.9 Å². The van der Waals surface area contributed by atoms with Crippen LogP contribution in [-0.2, 0) is 6.54 Å². The molecule has 1 aromatic heterocycles. The molecule has 0 aliphatic carbocycles. The number of aliphatic hydroxyl groups is 1. The summed E-state index contributed by atoms with van der Waals surface area (Å²) in [5.41, 5.74) is 2.26. The van der Waals surface area contributed by atoms with Gasteiger partial charge in [0.05, 0.1) is 0 Å². The van der Waals surface area contributed by atoms with Crippen LogP contribution in [0.4, 0.5) is 0 Å². The molecule has 0 radical (unpaired) electrons. The molecule has 3 heteroatoms. The maximum Gasteiger partial charge on any atom is 0.258 e. The average Bonchev–Trinajstić information content (AvgIpc) is 2.29. The van der Waals surface area contributed by atoms with Gasteiger partial charge in [0.1, 0.15) is 0 Å². The zero-order chi connectivity index (χ0) is 12.4. The van der Waals surface area contributed by atoms with E-state index in [4.69, 9.17) is 5.11 Å². The zero-order valence-electron chi connectivity index (χ0n) is 10.2. The van der Waals surface area contributed by atoms with Gasteiger partial charge in [-0.15, -0.1) is 0 Å². The molecule has 0 saturated carbocycles. The number of benzene rings is 1. The van der Waals surface area contributed by atoms with Crippen LogP contribution in [0.15, 0.2) is 29.2 Å². The molecule has 2 rings (SSSR count). The van der Waals surface area contributed by atoms with Crippen LogP contribution in [-0.4, -0.2) is 16.3 Å². The fourth-order valence-corrected chi connectivity index (χ4v) is 2.18. The molecule has 1 N–H and O–H groups in total. The molecule has 2 aromatic rings. The summed E-state index contributed by atoms with van der Waals surface area (Å²) in [6.07, 6.45) is 2.42. The minimum Gasteiger partial charge on any atom is -0.396 e. The Bertz CT molecular complexity index is 599. The van der Waals surface area contributed by atoms with Crippen LogP contribution in [0.25, 0.3) is 10.8 Å². The van der Waals surface area contributed by atoms with Crippen molar-refractivity contribution in [3.8, 4) is 0 Å². The Morgan fingerprint density at radius 3 is 2.71 bits per heavy atom. The molecule has 3 nitrogen and oxygen atoms in total. The lowest BCUT2D eigenvalue weighted by Gasteiger charge is -2.08.